The number of aliphatic hydroxyl groups excluding tert-OH is 1. The van der Waals surface area contributed by atoms with Crippen molar-refractivity contribution in [1.29, 1.82) is 0 Å². The van der Waals surface area contributed by atoms with Crippen molar-refractivity contribution in [2.45, 2.75) is 71.2 Å². The van der Waals surface area contributed by atoms with Crippen molar-refractivity contribution in [1.82, 2.24) is 0 Å². The second-order valence-electron chi connectivity index (χ2n) is 5.24. The lowest BCUT2D eigenvalue weighted by atomic mass is 10.1. The van der Waals surface area contributed by atoms with Gasteiger partial charge in [0.15, 0.2) is 0 Å². The van der Waals surface area contributed by atoms with Gasteiger partial charge in [0, 0.05) is 0 Å². The van der Waals surface area contributed by atoms with E-state index in [1.807, 2.05) is 0 Å². The lowest BCUT2D eigenvalue weighted by molar-refractivity contribution is 0.217. The molecule has 0 fully saturated rings. The van der Waals surface area contributed by atoms with E-state index in [2.05, 4.69) is 38.0 Å². The summed E-state index contributed by atoms with van der Waals surface area (Å²) >= 11 is 0. The zero-order valence-corrected chi connectivity index (χ0v) is 11.8. The Hall–Kier alpha value is -0.263. The molecule has 0 amide bonds. The predicted molar refractivity (Wildman–Crippen MR) is 70.5 cm³/mol. The largest absolute Gasteiger partial charge is 0.380 e. The summed E-state index contributed by atoms with van der Waals surface area (Å²) in [6.07, 6.45) is 6.69. The second-order valence-corrected chi connectivity index (χ2v) is 9.99. The zero-order chi connectivity index (χ0) is 11.7. The molecule has 1 N–H and O–H groups in total. The molecule has 0 aliphatic rings. The van der Waals surface area contributed by atoms with Gasteiger partial charge < -0.3 is 5.11 Å². The SMILES string of the molecule is CCCCCCC[C@@H](O)C#C[Si](C)(C)C. The molecule has 0 radical (unpaired) electrons. The summed E-state index contributed by atoms with van der Waals surface area (Å²) in [5.41, 5.74) is 3.21. The minimum absolute atomic E-state index is 0.390. The second kappa shape index (κ2) is 7.96. The van der Waals surface area contributed by atoms with Gasteiger partial charge in [0.05, 0.1) is 0 Å². The molecule has 0 bridgehead atoms. The maximum absolute atomic E-state index is 9.62. The summed E-state index contributed by atoms with van der Waals surface area (Å²) in [4.78, 5) is 0. The molecule has 0 aromatic rings. The summed E-state index contributed by atoms with van der Waals surface area (Å²) in [7, 11) is -1.30. The third kappa shape index (κ3) is 11.7. The van der Waals surface area contributed by atoms with Gasteiger partial charge in [0.2, 0.25) is 0 Å². The van der Waals surface area contributed by atoms with E-state index in [9.17, 15) is 5.11 Å². The van der Waals surface area contributed by atoms with Crippen LogP contribution in [0, 0.1) is 11.5 Å². The highest BCUT2D eigenvalue weighted by atomic mass is 28.3. The van der Waals surface area contributed by atoms with Crippen molar-refractivity contribution in [3.63, 3.8) is 0 Å². The van der Waals surface area contributed by atoms with Gasteiger partial charge in [-0.3, -0.25) is 0 Å². The molecule has 1 nitrogen and oxygen atoms in total. The molecule has 0 aliphatic heterocycles. The first kappa shape index (κ1) is 14.7. The molecule has 0 saturated carbocycles. The van der Waals surface area contributed by atoms with Crippen LogP contribution in [0.25, 0.3) is 0 Å². The molecular formula is C13H26OSi. The molecule has 0 unspecified atom stereocenters. The Balaban J connectivity index is 3.56. The first-order chi connectivity index (χ1) is 6.95. The van der Waals surface area contributed by atoms with E-state index in [0.29, 0.717) is 0 Å². The lowest BCUT2D eigenvalue weighted by Gasteiger charge is -2.06. The van der Waals surface area contributed by atoms with Crippen LogP contribution in [-0.4, -0.2) is 19.3 Å². The van der Waals surface area contributed by atoms with Crippen LogP contribution >= 0.6 is 0 Å². The van der Waals surface area contributed by atoms with Crippen molar-refractivity contribution >= 4 is 8.07 Å². The Morgan fingerprint density at radius 2 is 1.67 bits per heavy atom. The van der Waals surface area contributed by atoms with Gasteiger partial charge >= 0.3 is 0 Å². The standard InChI is InChI=1S/C13H26OSi/c1-5-6-7-8-9-10-13(14)11-12-15(2,3)4/h13-14H,5-10H2,1-4H3/t13-/m1/s1. The van der Waals surface area contributed by atoms with Crippen LogP contribution in [0.5, 0.6) is 0 Å². The average molecular weight is 226 g/mol. The molecule has 2 heteroatoms. The Morgan fingerprint density at radius 1 is 1.07 bits per heavy atom. The van der Waals surface area contributed by atoms with E-state index < -0.39 is 14.2 Å². The fourth-order valence-corrected chi connectivity index (χ4v) is 1.91. The monoisotopic (exact) mass is 226 g/mol. The van der Waals surface area contributed by atoms with Crippen LogP contribution in [0.1, 0.15) is 45.4 Å². The molecule has 0 aliphatic carbocycles. The number of hydrogen-bond donors (Lipinski definition) is 1. The predicted octanol–water partition coefficient (Wildman–Crippen LogP) is 3.59. The van der Waals surface area contributed by atoms with Gasteiger partial charge in [-0.25, -0.2) is 0 Å². The highest BCUT2D eigenvalue weighted by molar-refractivity contribution is 6.83. The Kier molecular flexibility index (Phi) is 7.82. The maximum Gasteiger partial charge on any atom is 0.129 e. The summed E-state index contributed by atoms with van der Waals surface area (Å²) in [5, 5.41) is 9.62. The third-order valence-corrected chi connectivity index (χ3v) is 3.09. The average Bonchev–Trinajstić information content (AvgIpc) is 2.13. The molecule has 0 heterocycles. The lowest BCUT2D eigenvalue weighted by Crippen LogP contribution is -2.17. The molecule has 0 rings (SSSR count). The van der Waals surface area contributed by atoms with Gasteiger partial charge in [-0.15, -0.1) is 5.54 Å². The quantitative estimate of drug-likeness (QED) is 0.417. The Morgan fingerprint density at radius 3 is 2.20 bits per heavy atom. The van der Waals surface area contributed by atoms with E-state index in [1.54, 1.807) is 0 Å². The van der Waals surface area contributed by atoms with Crippen LogP contribution in [0.4, 0.5) is 0 Å². The van der Waals surface area contributed by atoms with Crippen LogP contribution in [0.3, 0.4) is 0 Å². The van der Waals surface area contributed by atoms with E-state index in [0.717, 1.165) is 12.8 Å². The Bertz CT molecular complexity index is 207. The van der Waals surface area contributed by atoms with Crippen molar-refractivity contribution in [3.8, 4) is 11.5 Å². The van der Waals surface area contributed by atoms with Crippen molar-refractivity contribution < 1.29 is 5.11 Å². The minimum atomic E-state index is -1.30. The molecule has 1 atom stereocenters. The first-order valence-electron chi connectivity index (χ1n) is 6.16. The van der Waals surface area contributed by atoms with Crippen LogP contribution in [0.2, 0.25) is 19.6 Å². The first-order valence-corrected chi connectivity index (χ1v) is 9.66. The summed E-state index contributed by atoms with van der Waals surface area (Å²) in [5.74, 6) is 2.98. The number of unbranched alkanes of at least 4 members (excludes halogenated alkanes) is 4. The van der Waals surface area contributed by atoms with E-state index in [-0.39, 0.29) is 0 Å². The maximum atomic E-state index is 9.62. The molecule has 88 valence electrons. The fourth-order valence-electron chi connectivity index (χ4n) is 1.31. The van der Waals surface area contributed by atoms with Crippen molar-refractivity contribution in [2.24, 2.45) is 0 Å². The van der Waals surface area contributed by atoms with Gasteiger partial charge in [-0.1, -0.05) is 58.2 Å². The molecule has 15 heavy (non-hydrogen) atoms. The van der Waals surface area contributed by atoms with Gasteiger partial charge in [-0.05, 0) is 12.8 Å². The highest BCUT2D eigenvalue weighted by Crippen LogP contribution is 2.07. The zero-order valence-electron chi connectivity index (χ0n) is 10.8. The van der Waals surface area contributed by atoms with E-state index >= 15 is 0 Å². The van der Waals surface area contributed by atoms with Crippen LogP contribution in [-0.2, 0) is 0 Å². The topological polar surface area (TPSA) is 20.2 Å². The summed E-state index contributed by atoms with van der Waals surface area (Å²) in [6.45, 7) is 8.82. The van der Waals surface area contributed by atoms with Crippen LogP contribution in [0.15, 0.2) is 0 Å². The molecular weight excluding hydrogens is 200 g/mol. The van der Waals surface area contributed by atoms with E-state index in [1.165, 1.54) is 25.7 Å². The fraction of sp³-hybridized carbons (Fsp3) is 0.846. The van der Waals surface area contributed by atoms with Crippen molar-refractivity contribution in [3.05, 3.63) is 0 Å². The summed E-state index contributed by atoms with van der Waals surface area (Å²) < 4.78 is 0. The normalized spacial score (nSPS) is 13.1. The van der Waals surface area contributed by atoms with E-state index in [4.69, 9.17) is 0 Å². The smallest absolute Gasteiger partial charge is 0.129 e. The van der Waals surface area contributed by atoms with Gasteiger partial charge in [0.25, 0.3) is 0 Å². The third-order valence-electron chi connectivity index (χ3n) is 2.19. The molecule has 0 aromatic carbocycles. The number of hydrogen-bond acceptors (Lipinski definition) is 1. The summed E-state index contributed by atoms with van der Waals surface area (Å²) in [6, 6.07) is 0. The van der Waals surface area contributed by atoms with Gasteiger partial charge in [-0.2, -0.15) is 0 Å². The molecule has 0 spiro atoms. The number of aliphatic hydroxyl groups is 1. The Labute approximate surface area is 96.3 Å². The van der Waals surface area contributed by atoms with Gasteiger partial charge in [0.1, 0.15) is 14.2 Å². The highest BCUT2D eigenvalue weighted by Gasteiger charge is 2.08. The van der Waals surface area contributed by atoms with Crippen molar-refractivity contribution in [2.75, 3.05) is 0 Å². The minimum Gasteiger partial charge on any atom is -0.380 e. The molecule has 0 saturated heterocycles. The van der Waals surface area contributed by atoms with Crippen LogP contribution < -0.4 is 0 Å². The number of rotatable bonds is 6. The molecule has 0 aromatic heterocycles.